The SMILES string of the molecule is [N-]=[N+]=NCCCNC(C(=O)O)c1ccc(F)c(F)c1. The first-order chi connectivity index (χ1) is 9.06. The van der Waals surface area contributed by atoms with E-state index in [1.54, 1.807) is 0 Å². The van der Waals surface area contributed by atoms with Gasteiger partial charge in [0, 0.05) is 11.5 Å². The van der Waals surface area contributed by atoms with Crippen LogP contribution in [-0.4, -0.2) is 24.2 Å². The molecule has 0 amide bonds. The highest BCUT2D eigenvalue weighted by Gasteiger charge is 2.20. The second kappa shape index (κ2) is 7.30. The monoisotopic (exact) mass is 270 g/mol. The van der Waals surface area contributed by atoms with Crippen molar-refractivity contribution in [1.82, 2.24) is 5.32 Å². The summed E-state index contributed by atoms with van der Waals surface area (Å²) in [7, 11) is 0. The van der Waals surface area contributed by atoms with Crippen molar-refractivity contribution in [2.45, 2.75) is 12.5 Å². The highest BCUT2D eigenvalue weighted by molar-refractivity contribution is 5.75. The van der Waals surface area contributed by atoms with E-state index in [2.05, 4.69) is 15.3 Å². The van der Waals surface area contributed by atoms with Crippen molar-refractivity contribution in [3.8, 4) is 0 Å². The molecule has 0 saturated heterocycles. The van der Waals surface area contributed by atoms with E-state index in [-0.39, 0.29) is 18.7 Å². The smallest absolute Gasteiger partial charge is 0.325 e. The van der Waals surface area contributed by atoms with Crippen LogP contribution in [-0.2, 0) is 4.79 Å². The van der Waals surface area contributed by atoms with E-state index < -0.39 is 23.6 Å². The number of hydrogen-bond acceptors (Lipinski definition) is 3. The molecule has 19 heavy (non-hydrogen) atoms. The summed E-state index contributed by atoms with van der Waals surface area (Å²) in [6.45, 7) is 0.503. The van der Waals surface area contributed by atoms with E-state index >= 15 is 0 Å². The number of carbonyl (C=O) groups is 1. The van der Waals surface area contributed by atoms with Gasteiger partial charge in [0.2, 0.25) is 0 Å². The van der Waals surface area contributed by atoms with Crippen LogP contribution in [0.15, 0.2) is 23.3 Å². The highest BCUT2D eigenvalue weighted by Crippen LogP contribution is 2.16. The second-order valence-electron chi connectivity index (χ2n) is 3.71. The molecule has 0 aliphatic rings. The van der Waals surface area contributed by atoms with Crippen molar-refractivity contribution in [3.63, 3.8) is 0 Å². The molecule has 1 atom stereocenters. The number of carboxylic acid groups (broad SMARTS) is 1. The standard InChI is InChI=1S/C11H12F2N4O2/c12-8-3-2-7(6-9(8)13)10(11(18)19)15-4-1-5-16-17-14/h2-3,6,10,15H,1,4-5H2,(H,18,19). The van der Waals surface area contributed by atoms with Crippen LogP contribution in [0.1, 0.15) is 18.0 Å². The summed E-state index contributed by atoms with van der Waals surface area (Å²) in [5.41, 5.74) is 8.18. The number of carboxylic acids is 1. The van der Waals surface area contributed by atoms with Crippen molar-refractivity contribution >= 4 is 5.97 Å². The maximum Gasteiger partial charge on any atom is 0.325 e. The van der Waals surface area contributed by atoms with Gasteiger partial charge in [-0.15, -0.1) is 0 Å². The first kappa shape index (κ1) is 14.9. The molecule has 0 bridgehead atoms. The third kappa shape index (κ3) is 4.53. The molecule has 1 unspecified atom stereocenters. The zero-order valence-electron chi connectivity index (χ0n) is 9.88. The Hall–Kier alpha value is -2.18. The lowest BCUT2D eigenvalue weighted by Gasteiger charge is -2.14. The van der Waals surface area contributed by atoms with Gasteiger partial charge in [-0.2, -0.15) is 0 Å². The summed E-state index contributed by atoms with van der Waals surface area (Å²) in [5, 5.41) is 15.0. The third-order valence-electron chi connectivity index (χ3n) is 2.37. The van der Waals surface area contributed by atoms with Gasteiger partial charge >= 0.3 is 5.97 Å². The van der Waals surface area contributed by atoms with Crippen LogP contribution in [0.4, 0.5) is 8.78 Å². The maximum atomic E-state index is 13.0. The second-order valence-corrected chi connectivity index (χ2v) is 3.71. The lowest BCUT2D eigenvalue weighted by molar-refractivity contribution is -0.139. The Morgan fingerprint density at radius 1 is 1.47 bits per heavy atom. The molecular formula is C11H12F2N4O2. The van der Waals surface area contributed by atoms with Crippen LogP contribution in [0.5, 0.6) is 0 Å². The number of halogens is 2. The van der Waals surface area contributed by atoms with E-state index in [4.69, 9.17) is 10.6 Å². The average molecular weight is 270 g/mol. The van der Waals surface area contributed by atoms with Crippen LogP contribution in [0.2, 0.25) is 0 Å². The van der Waals surface area contributed by atoms with Gasteiger partial charge in [0.05, 0.1) is 0 Å². The quantitative estimate of drug-likeness (QED) is 0.344. The van der Waals surface area contributed by atoms with Crippen molar-refractivity contribution in [2.75, 3.05) is 13.1 Å². The Morgan fingerprint density at radius 2 is 2.21 bits per heavy atom. The van der Waals surface area contributed by atoms with Crippen LogP contribution < -0.4 is 5.32 Å². The molecule has 0 heterocycles. The molecule has 1 aromatic rings. The lowest BCUT2D eigenvalue weighted by atomic mass is 10.1. The molecule has 0 aliphatic carbocycles. The molecule has 0 fully saturated rings. The van der Waals surface area contributed by atoms with Crippen LogP contribution in [0.25, 0.3) is 10.4 Å². The average Bonchev–Trinajstić information content (AvgIpc) is 2.37. The van der Waals surface area contributed by atoms with Crippen LogP contribution in [0.3, 0.4) is 0 Å². The number of hydrogen-bond donors (Lipinski definition) is 2. The minimum Gasteiger partial charge on any atom is -0.480 e. The Balaban J connectivity index is 2.69. The largest absolute Gasteiger partial charge is 0.480 e. The summed E-state index contributed by atoms with van der Waals surface area (Å²) < 4.78 is 25.8. The van der Waals surface area contributed by atoms with E-state index in [0.29, 0.717) is 6.42 Å². The number of nitrogens with zero attached hydrogens (tertiary/aromatic N) is 3. The van der Waals surface area contributed by atoms with E-state index in [9.17, 15) is 13.6 Å². The Morgan fingerprint density at radius 3 is 2.79 bits per heavy atom. The predicted molar refractivity (Wildman–Crippen MR) is 63.4 cm³/mol. The van der Waals surface area contributed by atoms with Crippen LogP contribution in [0, 0.1) is 11.6 Å². The molecular weight excluding hydrogens is 258 g/mol. The fraction of sp³-hybridized carbons (Fsp3) is 0.364. The molecule has 102 valence electrons. The minimum atomic E-state index is -1.20. The van der Waals surface area contributed by atoms with Gasteiger partial charge in [-0.25, -0.2) is 8.78 Å². The number of benzene rings is 1. The fourth-order valence-electron chi connectivity index (χ4n) is 1.48. The van der Waals surface area contributed by atoms with E-state index in [0.717, 1.165) is 12.1 Å². The summed E-state index contributed by atoms with van der Waals surface area (Å²) in [5.74, 6) is -3.33. The van der Waals surface area contributed by atoms with Gasteiger partial charge in [-0.1, -0.05) is 11.2 Å². The zero-order chi connectivity index (χ0) is 14.3. The fourth-order valence-corrected chi connectivity index (χ4v) is 1.48. The van der Waals surface area contributed by atoms with Crippen molar-refractivity contribution in [2.24, 2.45) is 5.11 Å². The summed E-state index contributed by atoms with van der Waals surface area (Å²) in [6, 6.07) is 1.79. The molecule has 0 saturated carbocycles. The molecule has 0 aliphatic heterocycles. The molecule has 1 rings (SSSR count). The number of nitrogens with one attached hydrogen (secondary N) is 1. The maximum absolute atomic E-state index is 13.0. The van der Waals surface area contributed by atoms with Gasteiger partial charge in [0.25, 0.3) is 0 Å². The highest BCUT2D eigenvalue weighted by atomic mass is 19.2. The van der Waals surface area contributed by atoms with Gasteiger partial charge < -0.3 is 10.4 Å². The molecule has 0 radical (unpaired) electrons. The predicted octanol–water partition coefficient (Wildman–Crippen LogP) is 2.38. The van der Waals surface area contributed by atoms with E-state index in [1.807, 2.05) is 0 Å². The minimum absolute atomic E-state index is 0.121. The van der Waals surface area contributed by atoms with Crippen molar-refractivity contribution < 1.29 is 18.7 Å². The Kier molecular flexibility index (Phi) is 5.72. The Labute approximate surface area is 107 Å². The first-order valence-corrected chi connectivity index (χ1v) is 5.48. The summed E-state index contributed by atoms with van der Waals surface area (Å²) in [4.78, 5) is 13.6. The summed E-state index contributed by atoms with van der Waals surface area (Å²) >= 11 is 0. The molecule has 6 nitrogen and oxygen atoms in total. The molecule has 0 spiro atoms. The van der Waals surface area contributed by atoms with Gasteiger partial charge in [-0.05, 0) is 36.2 Å². The number of rotatable bonds is 7. The topological polar surface area (TPSA) is 98.1 Å². The van der Waals surface area contributed by atoms with Gasteiger partial charge in [0.1, 0.15) is 6.04 Å². The molecule has 2 N–H and O–H groups in total. The van der Waals surface area contributed by atoms with Gasteiger partial charge in [-0.3, -0.25) is 4.79 Å². The number of azide groups is 1. The first-order valence-electron chi connectivity index (χ1n) is 5.48. The normalized spacial score (nSPS) is 11.7. The molecule has 8 heteroatoms. The molecule has 0 aromatic heterocycles. The van der Waals surface area contributed by atoms with Crippen molar-refractivity contribution in [3.05, 3.63) is 45.8 Å². The lowest BCUT2D eigenvalue weighted by Crippen LogP contribution is -2.29. The van der Waals surface area contributed by atoms with Gasteiger partial charge in [0.15, 0.2) is 11.6 Å². The van der Waals surface area contributed by atoms with E-state index in [1.165, 1.54) is 6.07 Å². The summed E-state index contributed by atoms with van der Waals surface area (Å²) in [6.07, 6.45) is 0.442. The Bertz CT molecular complexity index is 503. The zero-order valence-corrected chi connectivity index (χ0v) is 9.88. The molecule has 1 aromatic carbocycles. The van der Waals surface area contributed by atoms with Crippen molar-refractivity contribution in [1.29, 1.82) is 0 Å². The van der Waals surface area contributed by atoms with Crippen LogP contribution >= 0.6 is 0 Å². The number of aliphatic carboxylic acids is 1. The third-order valence-corrected chi connectivity index (χ3v) is 2.37.